The lowest BCUT2D eigenvalue weighted by atomic mass is 10.0. The molecule has 32 heavy (non-hydrogen) atoms. The fraction of sp³-hybridized carbons (Fsp3) is 0.200. The molecule has 1 N–H and O–H groups in total. The highest BCUT2D eigenvalue weighted by Gasteiger charge is 2.41. The number of hydrogen-bond acceptors (Lipinski definition) is 6. The van der Waals surface area contributed by atoms with Crippen molar-refractivity contribution in [2.24, 2.45) is 0 Å². The lowest BCUT2D eigenvalue weighted by Gasteiger charge is -2.18. The van der Waals surface area contributed by atoms with Gasteiger partial charge in [0.25, 0.3) is 0 Å². The molecule has 1 saturated heterocycles. The lowest BCUT2D eigenvalue weighted by molar-refractivity contribution is -0.144. The van der Waals surface area contributed by atoms with Crippen molar-refractivity contribution in [3.8, 4) is 11.5 Å². The van der Waals surface area contributed by atoms with Crippen LogP contribution < -0.4 is 14.8 Å². The van der Waals surface area contributed by atoms with E-state index in [4.69, 9.17) is 18.9 Å². The van der Waals surface area contributed by atoms with Crippen LogP contribution in [0.15, 0.2) is 78.9 Å². The Morgan fingerprint density at radius 2 is 1.47 bits per heavy atom. The third-order valence-electron chi connectivity index (χ3n) is 5.04. The summed E-state index contributed by atoms with van der Waals surface area (Å²) in [5.41, 5.74) is 2.60. The molecule has 0 saturated carbocycles. The van der Waals surface area contributed by atoms with E-state index in [1.807, 2.05) is 60.7 Å². The highest BCUT2D eigenvalue weighted by Crippen LogP contribution is 2.35. The summed E-state index contributed by atoms with van der Waals surface area (Å²) in [6, 6.07) is 23.8. The van der Waals surface area contributed by atoms with Gasteiger partial charge in [0.1, 0.15) is 13.2 Å². The number of ether oxygens (including phenoxy) is 4. The first-order chi connectivity index (χ1) is 15.6. The van der Waals surface area contributed by atoms with Gasteiger partial charge in [0.05, 0.1) is 7.11 Å². The first-order valence-electron chi connectivity index (χ1n) is 10.2. The second kappa shape index (κ2) is 9.87. The highest BCUT2D eigenvalue weighted by molar-refractivity contribution is 5.85. The average molecular weight is 433 g/mol. The van der Waals surface area contributed by atoms with Crippen LogP contribution in [0.1, 0.15) is 22.8 Å². The number of alkyl carbamates (subject to hydrolysis) is 1. The molecule has 0 radical (unpaired) electrons. The van der Waals surface area contributed by atoms with Crippen molar-refractivity contribution in [2.45, 2.75) is 25.4 Å². The van der Waals surface area contributed by atoms with Crippen LogP contribution in [0.2, 0.25) is 0 Å². The number of benzene rings is 3. The van der Waals surface area contributed by atoms with Gasteiger partial charge >= 0.3 is 12.1 Å². The van der Waals surface area contributed by atoms with Crippen LogP contribution in [0, 0.1) is 0 Å². The fourth-order valence-electron chi connectivity index (χ4n) is 3.39. The maximum atomic E-state index is 12.1. The molecule has 0 aliphatic carbocycles. The molecule has 1 heterocycles. The summed E-state index contributed by atoms with van der Waals surface area (Å²) >= 11 is 0. The second-order valence-electron chi connectivity index (χ2n) is 7.23. The van der Waals surface area contributed by atoms with Gasteiger partial charge in [0.2, 0.25) is 0 Å². The third kappa shape index (κ3) is 5.00. The van der Waals surface area contributed by atoms with Crippen LogP contribution in [0.3, 0.4) is 0 Å². The van der Waals surface area contributed by atoms with E-state index in [0.29, 0.717) is 30.3 Å². The van der Waals surface area contributed by atoms with Gasteiger partial charge in [-0.1, -0.05) is 66.7 Å². The Morgan fingerprint density at radius 3 is 2.06 bits per heavy atom. The van der Waals surface area contributed by atoms with Crippen molar-refractivity contribution < 1.29 is 28.5 Å². The van der Waals surface area contributed by atoms with Gasteiger partial charge in [0.15, 0.2) is 23.6 Å². The topological polar surface area (TPSA) is 83.1 Å². The van der Waals surface area contributed by atoms with Gasteiger partial charge in [-0.3, -0.25) is 0 Å². The summed E-state index contributed by atoms with van der Waals surface area (Å²) in [7, 11) is 1.26. The third-order valence-corrected chi connectivity index (χ3v) is 5.04. The largest absolute Gasteiger partial charge is 0.485 e. The summed E-state index contributed by atoms with van der Waals surface area (Å²) in [6.07, 6.45) is -1.52. The highest BCUT2D eigenvalue weighted by atomic mass is 16.6. The van der Waals surface area contributed by atoms with Gasteiger partial charge in [-0.15, -0.1) is 0 Å². The van der Waals surface area contributed by atoms with Gasteiger partial charge in [-0.25, -0.2) is 9.59 Å². The monoisotopic (exact) mass is 433 g/mol. The Morgan fingerprint density at radius 1 is 0.875 bits per heavy atom. The number of hydrogen-bond donors (Lipinski definition) is 1. The molecule has 0 aromatic heterocycles. The van der Waals surface area contributed by atoms with E-state index in [2.05, 4.69) is 5.32 Å². The average Bonchev–Trinajstić information content (AvgIpc) is 3.24. The zero-order valence-electron chi connectivity index (χ0n) is 17.5. The lowest BCUT2D eigenvalue weighted by Crippen LogP contribution is -2.36. The predicted octanol–water partition coefficient (Wildman–Crippen LogP) is 4.17. The molecule has 3 aromatic carbocycles. The van der Waals surface area contributed by atoms with Crippen LogP contribution in [0.4, 0.5) is 4.79 Å². The van der Waals surface area contributed by atoms with E-state index in [9.17, 15) is 9.59 Å². The van der Waals surface area contributed by atoms with Crippen LogP contribution >= 0.6 is 0 Å². The quantitative estimate of drug-likeness (QED) is 0.537. The van der Waals surface area contributed by atoms with Crippen LogP contribution in [0.5, 0.6) is 11.5 Å². The molecule has 1 aliphatic heterocycles. The number of rotatable bonds is 8. The molecule has 7 nitrogen and oxygen atoms in total. The zero-order valence-corrected chi connectivity index (χ0v) is 17.5. The normalized spacial score (nSPS) is 17.2. The van der Waals surface area contributed by atoms with Gasteiger partial charge in [-0.2, -0.15) is 0 Å². The number of esters is 1. The molecule has 1 fully saturated rings. The van der Waals surface area contributed by atoms with Gasteiger partial charge in [-0.05, 0) is 28.8 Å². The molecule has 164 valence electrons. The molecule has 3 aromatic rings. The predicted molar refractivity (Wildman–Crippen MR) is 116 cm³/mol. The number of methoxy groups -OCH3 is 1. The van der Waals surface area contributed by atoms with Crippen LogP contribution in [-0.2, 0) is 27.5 Å². The minimum absolute atomic E-state index is 0.328. The summed E-state index contributed by atoms with van der Waals surface area (Å²) in [5, 5.41) is 2.48. The molecule has 0 unspecified atom stereocenters. The number of nitrogens with one attached hydrogen (secondary N) is 1. The molecular weight excluding hydrogens is 410 g/mol. The van der Waals surface area contributed by atoms with Crippen molar-refractivity contribution in [2.75, 3.05) is 7.11 Å². The van der Waals surface area contributed by atoms with E-state index < -0.39 is 24.2 Å². The molecular formula is C25H23NO6. The molecule has 1 amide bonds. The van der Waals surface area contributed by atoms with Crippen LogP contribution in [-0.4, -0.2) is 25.2 Å². The maximum absolute atomic E-state index is 12.1. The van der Waals surface area contributed by atoms with Crippen molar-refractivity contribution in [1.82, 2.24) is 5.32 Å². The molecule has 0 bridgehead atoms. The summed E-state index contributed by atoms with van der Waals surface area (Å²) in [4.78, 5) is 23.9. The number of carbonyl (C=O) groups is 2. The molecule has 4 rings (SSSR count). The Kier molecular flexibility index (Phi) is 6.55. The zero-order chi connectivity index (χ0) is 22.3. The van der Waals surface area contributed by atoms with Gasteiger partial charge < -0.3 is 24.3 Å². The maximum Gasteiger partial charge on any atom is 0.408 e. The van der Waals surface area contributed by atoms with Gasteiger partial charge in [0, 0.05) is 0 Å². The van der Waals surface area contributed by atoms with E-state index in [1.54, 1.807) is 18.2 Å². The van der Waals surface area contributed by atoms with Crippen molar-refractivity contribution >= 4 is 12.1 Å². The Balaban J connectivity index is 1.59. The van der Waals surface area contributed by atoms with Crippen molar-refractivity contribution in [1.29, 1.82) is 0 Å². The smallest absolute Gasteiger partial charge is 0.408 e. The minimum atomic E-state index is -0.939. The molecule has 7 heteroatoms. The summed E-state index contributed by atoms with van der Waals surface area (Å²) in [5.74, 6) is 0.436. The van der Waals surface area contributed by atoms with Crippen molar-refractivity contribution in [3.05, 3.63) is 95.6 Å². The van der Waals surface area contributed by atoms with Crippen LogP contribution in [0.25, 0.3) is 0 Å². The number of carbonyl (C=O) groups excluding carboxylic acids is 2. The van der Waals surface area contributed by atoms with E-state index in [-0.39, 0.29) is 0 Å². The Bertz CT molecular complexity index is 1070. The molecule has 2 atom stereocenters. The molecule has 1 aliphatic rings. The number of cyclic esters (lactones) is 1. The minimum Gasteiger partial charge on any atom is -0.485 e. The Labute approximate surface area is 185 Å². The van der Waals surface area contributed by atoms with Crippen molar-refractivity contribution in [3.63, 3.8) is 0 Å². The van der Waals surface area contributed by atoms with E-state index in [1.165, 1.54) is 7.11 Å². The number of amides is 1. The molecule has 0 spiro atoms. The second-order valence-corrected chi connectivity index (χ2v) is 7.23. The standard InChI is InChI=1S/C25H23NO6/c1-29-24(27)22-23(32-25(28)26-22)19-12-13-20(30-15-17-8-4-2-5-9-17)21(14-19)31-16-18-10-6-3-7-11-18/h2-14,22-23H,15-16H2,1H3,(H,26,28)/t22-,23+/m0/s1. The SMILES string of the molecule is COC(=O)[C@H]1NC(=O)O[C@@H]1c1ccc(OCc2ccccc2)c(OCc2ccccc2)c1. The summed E-state index contributed by atoms with van der Waals surface area (Å²) in [6.45, 7) is 0.696. The van der Waals surface area contributed by atoms with E-state index in [0.717, 1.165) is 11.1 Å². The Hall–Kier alpha value is -4.00. The first kappa shape index (κ1) is 21.2. The fourth-order valence-corrected chi connectivity index (χ4v) is 3.39. The summed E-state index contributed by atoms with van der Waals surface area (Å²) < 4.78 is 22.2. The van der Waals surface area contributed by atoms with E-state index >= 15 is 0 Å². The first-order valence-corrected chi connectivity index (χ1v) is 10.2.